The Kier molecular flexibility index (Phi) is 7.79. The van der Waals surface area contributed by atoms with Crippen LogP contribution in [0.2, 0.25) is 0 Å². The van der Waals surface area contributed by atoms with Crippen LogP contribution in [0.25, 0.3) is 0 Å². The van der Waals surface area contributed by atoms with Gasteiger partial charge in [0.2, 0.25) is 5.91 Å². The van der Waals surface area contributed by atoms with Crippen LogP contribution in [0.1, 0.15) is 12.5 Å². The molecule has 1 saturated heterocycles. The van der Waals surface area contributed by atoms with Crippen LogP contribution in [0, 0.1) is 5.82 Å². The highest BCUT2D eigenvalue weighted by Gasteiger charge is 2.20. The molecule has 1 fully saturated rings. The molecule has 0 bridgehead atoms. The lowest BCUT2D eigenvalue weighted by atomic mass is 10.2. The Morgan fingerprint density at radius 2 is 2.00 bits per heavy atom. The van der Waals surface area contributed by atoms with E-state index in [-0.39, 0.29) is 18.3 Å². The quantitative estimate of drug-likeness (QED) is 0.466. The second-order valence-corrected chi connectivity index (χ2v) is 7.13. The number of rotatable bonds is 6. The number of likely N-dealkylation sites (N-methyl/N-ethyl adjacent to an activating group) is 1. The van der Waals surface area contributed by atoms with Crippen molar-refractivity contribution in [1.82, 2.24) is 20.0 Å². The smallest absolute Gasteiger partial charge is 0.243 e. The molecule has 0 radical (unpaired) electrons. The van der Waals surface area contributed by atoms with Crippen molar-refractivity contribution in [1.29, 1.82) is 0 Å². The molecule has 6 nitrogen and oxygen atoms in total. The van der Waals surface area contributed by atoms with Crippen LogP contribution in [0.5, 0.6) is 0 Å². The van der Waals surface area contributed by atoms with Crippen molar-refractivity contribution in [3.8, 4) is 0 Å². The normalized spacial score (nSPS) is 15.6. The third kappa shape index (κ3) is 7.02. The summed E-state index contributed by atoms with van der Waals surface area (Å²) in [5.74, 6) is 0.503. The number of nitrogens with zero attached hydrogens (tertiary/aromatic N) is 4. The Labute approximate surface area is 161 Å². The minimum Gasteiger partial charge on any atom is -0.353 e. The number of carbonyl (C=O) groups excluding carboxylic acids is 1. The van der Waals surface area contributed by atoms with Crippen LogP contribution in [0.4, 0.5) is 4.39 Å². The Hall–Kier alpha value is -2.41. The van der Waals surface area contributed by atoms with Gasteiger partial charge in [-0.2, -0.15) is 0 Å². The highest BCUT2D eigenvalue weighted by atomic mass is 19.1. The van der Waals surface area contributed by atoms with Crippen molar-refractivity contribution in [3.63, 3.8) is 0 Å². The lowest BCUT2D eigenvalue weighted by Gasteiger charge is -2.36. The van der Waals surface area contributed by atoms with E-state index in [2.05, 4.69) is 26.7 Å². The maximum Gasteiger partial charge on any atom is 0.243 e. The Bertz CT molecular complexity index is 681. The number of hydrogen-bond donors (Lipinski definition) is 1. The Balaban J connectivity index is 1.94. The lowest BCUT2D eigenvalue weighted by molar-refractivity contribution is -0.127. The lowest BCUT2D eigenvalue weighted by Crippen LogP contribution is -2.52. The van der Waals surface area contributed by atoms with Crippen molar-refractivity contribution in [2.75, 3.05) is 53.4 Å². The molecule has 0 spiro atoms. The predicted molar refractivity (Wildman–Crippen MR) is 107 cm³/mol. The van der Waals surface area contributed by atoms with Gasteiger partial charge in [-0.3, -0.25) is 9.69 Å². The molecule has 1 N–H and O–H groups in total. The summed E-state index contributed by atoms with van der Waals surface area (Å²) in [6, 6.07) is 6.74. The maximum absolute atomic E-state index is 13.4. The van der Waals surface area contributed by atoms with E-state index in [4.69, 9.17) is 0 Å². The zero-order chi connectivity index (χ0) is 19.8. The maximum atomic E-state index is 13.4. The van der Waals surface area contributed by atoms with E-state index in [0.29, 0.717) is 6.54 Å². The second kappa shape index (κ2) is 10.1. The molecular weight excluding hydrogens is 345 g/mol. The van der Waals surface area contributed by atoms with Gasteiger partial charge < -0.3 is 15.1 Å². The minimum absolute atomic E-state index is 0.0330. The van der Waals surface area contributed by atoms with Gasteiger partial charge in [0.25, 0.3) is 0 Å². The predicted octanol–water partition coefficient (Wildman–Crippen LogP) is 1.55. The van der Waals surface area contributed by atoms with Crippen LogP contribution in [0.3, 0.4) is 0 Å². The number of halogens is 1. The highest BCUT2D eigenvalue weighted by molar-refractivity contribution is 5.85. The second-order valence-electron chi connectivity index (χ2n) is 7.13. The fraction of sp³-hybridized carbons (Fsp3) is 0.500. The molecule has 0 saturated carbocycles. The van der Waals surface area contributed by atoms with Crippen molar-refractivity contribution < 1.29 is 9.18 Å². The van der Waals surface area contributed by atoms with Gasteiger partial charge >= 0.3 is 0 Å². The first-order valence-corrected chi connectivity index (χ1v) is 9.19. The molecule has 27 heavy (non-hydrogen) atoms. The minimum atomic E-state index is -0.199. The molecular formula is C20H30FN5O. The molecule has 0 aromatic heterocycles. The summed E-state index contributed by atoms with van der Waals surface area (Å²) in [6.45, 7) is 10.6. The molecule has 1 amide bonds. The zero-order valence-corrected chi connectivity index (χ0v) is 16.5. The fourth-order valence-corrected chi connectivity index (χ4v) is 2.79. The van der Waals surface area contributed by atoms with E-state index in [0.717, 1.165) is 49.8 Å². The number of aliphatic imine (C=N–C) groups is 1. The molecule has 1 aliphatic rings. The number of benzene rings is 1. The van der Waals surface area contributed by atoms with Gasteiger partial charge in [-0.05, 0) is 24.6 Å². The van der Waals surface area contributed by atoms with E-state index in [9.17, 15) is 9.18 Å². The molecule has 1 heterocycles. The van der Waals surface area contributed by atoms with Gasteiger partial charge in [0.05, 0.1) is 0 Å². The average Bonchev–Trinajstić information content (AvgIpc) is 2.62. The topological polar surface area (TPSA) is 51.2 Å². The molecule has 1 aliphatic heterocycles. The molecule has 1 aromatic rings. The molecule has 0 aliphatic carbocycles. The van der Waals surface area contributed by atoms with Crippen LogP contribution in [0.15, 0.2) is 41.4 Å². The summed E-state index contributed by atoms with van der Waals surface area (Å²) in [5, 5.41) is 3.29. The molecule has 2 rings (SSSR count). The van der Waals surface area contributed by atoms with E-state index in [1.54, 1.807) is 26.2 Å². The number of carbonyl (C=O) groups is 1. The number of guanidine groups is 1. The SMILES string of the molecule is C=C(C)CNC(=NCC(=O)N(C)C)N1CCN(Cc2cccc(F)c2)CC1. The standard InChI is InChI=1S/C20H30FN5O/c1-16(2)13-22-20(23-14-19(27)24(3)4)26-10-8-25(9-11-26)15-17-6-5-7-18(21)12-17/h5-7,12H,1,8-11,13-15H2,2-4H3,(H,22,23). The van der Waals surface area contributed by atoms with E-state index in [1.165, 1.54) is 11.0 Å². The van der Waals surface area contributed by atoms with Crippen molar-refractivity contribution in [2.45, 2.75) is 13.5 Å². The summed E-state index contributed by atoms with van der Waals surface area (Å²) in [4.78, 5) is 22.4. The molecule has 0 atom stereocenters. The number of piperazine rings is 1. The summed E-state index contributed by atoms with van der Waals surface area (Å²) < 4.78 is 13.4. The first-order chi connectivity index (χ1) is 12.8. The largest absolute Gasteiger partial charge is 0.353 e. The van der Waals surface area contributed by atoms with E-state index in [1.807, 2.05) is 13.0 Å². The van der Waals surface area contributed by atoms with Crippen molar-refractivity contribution >= 4 is 11.9 Å². The number of nitrogens with one attached hydrogen (secondary N) is 1. The molecule has 7 heteroatoms. The third-order valence-corrected chi connectivity index (χ3v) is 4.38. The highest BCUT2D eigenvalue weighted by Crippen LogP contribution is 2.10. The third-order valence-electron chi connectivity index (χ3n) is 4.38. The monoisotopic (exact) mass is 375 g/mol. The summed E-state index contributed by atoms with van der Waals surface area (Å²) in [6.07, 6.45) is 0. The van der Waals surface area contributed by atoms with Crippen molar-refractivity contribution in [2.24, 2.45) is 4.99 Å². The molecule has 0 unspecified atom stereocenters. The van der Waals surface area contributed by atoms with Gasteiger partial charge in [0.15, 0.2) is 5.96 Å². The average molecular weight is 375 g/mol. The van der Waals surface area contributed by atoms with Crippen LogP contribution in [-0.2, 0) is 11.3 Å². The van der Waals surface area contributed by atoms with E-state index < -0.39 is 0 Å². The summed E-state index contributed by atoms with van der Waals surface area (Å²) in [7, 11) is 3.45. The van der Waals surface area contributed by atoms with Gasteiger partial charge in [0.1, 0.15) is 12.4 Å². The molecule has 1 aromatic carbocycles. The summed E-state index contributed by atoms with van der Waals surface area (Å²) in [5.41, 5.74) is 1.99. The zero-order valence-electron chi connectivity index (χ0n) is 16.5. The van der Waals surface area contributed by atoms with Crippen LogP contribution >= 0.6 is 0 Å². The van der Waals surface area contributed by atoms with Crippen LogP contribution in [-0.4, -0.2) is 79.9 Å². The Morgan fingerprint density at radius 3 is 2.59 bits per heavy atom. The fourth-order valence-electron chi connectivity index (χ4n) is 2.79. The first kappa shape index (κ1) is 20.9. The van der Waals surface area contributed by atoms with Crippen LogP contribution < -0.4 is 5.32 Å². The van der Waals surface area contributed by atoms with Gasteiger partial charge in [-0.25, -0.2) is 9.38 Å². The Morgan fingerprint density at radius 1 is 1.30 bits per heavy atom. The first-order valence-electron chi connectivity index (χ1n) is 9.19. The van der Waals surface area contributed by atoms with Crippen molar-refractivity contribution in [3.05, 3.63) is 47.8 Å². The van der Waals surface area contributed by atoms with Gasteiger partial charge in [0, 0.05) is 53.4 Å². The number of amides is 1. The number of hydrogen-bond acceptors (Lipinski definition) is 3. The van der Waals surface area contributed by atoms with Gasteiger partial charge in [-0.15, -0.1) is 0 Å². The van der Waals surface area contributed by atoms with E-state index >= 15 is 0 Å². The van der Waals surface area contributed by atoms with Gasteiger partial charge in [-0.1, -0.05) is 24.3 Å². The summed E-state index contributed by atoms with van der Waals surface area (Å²) >= 11 is 0. The molecule has 148 valence electrons.